The van der Waals surface area contributed by atoms with Gasteiger partial charge in [0, 0.05) is 37.8 Å². The fourth-order valence-corrected chi connectivity index (χ4v) is 3.64. The second-order valence-corrected chi connectivity index (χ2v) is 7.10. The van der Waals surface area contributed by atoms with E-state index in [1.165, 1.54) is 10.9 Å². The van der Waals surface area contributed by atoms with Crippen molar-refractivity contribution in [2.24, 2.45) is 5.92 Å². The normalized spacial score (nSPS) is 16.8. The highest BCUT2D eigenvalue weighted by Crippen LogP contribution is 2.20. The summed E-state index contributed by atoms with van der Waals surface area (Å²) in [7, 11) is 0. The SMILES string of the molecule is O=C(NCCc1ccc2[nH]ccc2c1)C1CC(=O)N(Cc2ccccc2)C1. The summed E-state index contributed by atoms with van der Waals surface area (Å²) >= 11 is 0. The molecule has 1 aliphatic heterocycles. The van der Waals surface area contributed by atoms with Gasteiger partial charge < -0.3 is 15.2 Å². The van der Waals surface area contributed by atoms with Gasteiger partial charge in [-0.1, -0.05) is 36.4 Å². The number of nitrogens with zero attached hydrogens (tertiary/aromatic N) is 1. The minimum Gasteiger partial charge on any atom is -0.361 e. The second-order valence-electron chi connectivity index (χ2n) is 7.10. The molecule has 0 aliphatic carbocycles. The number of hydrogen-bond acceptors (Lipinski definition) is 2. The number of hydrogen-bond donors (Lipinski definition) is 2. The third-order valence-electron chi connectivity index (χ3n) is 5.13. The van der Waals surface area contributed by atoms with E-state index in [1.54, 1.807) is 4.90 Å². The van der Waals surface area contributed by atoms with Gasteiger partial charge in [-0.3, -0.25) is 9.59 Å². The number of amides is 2. The van der Waals surface area contributed by atoms with Gasteiger partial charge in [0.15, 0.2) is 0 Å². The molecule has 2 N–H and O–H groups in total. The van der Waals surface area contributed by atoms with Gasteiger partial charge in [0.05, 0.1) is 5.92 Å². The number of likely N-dealkylation sites (tertiary alicyclic amines) is 1. The van der Waals surface area contributed by atoms with Gasteiger partial charge in [0.2, 0.25) is 11.8 Å². The van der Waals surface area contributed by atoms with Crippen LogP contribution in [0, 0.1) is 5.92 Å². The van der Waals surface area contributed by atoms with E-state index in [9.17, 15) is 9.59 Å². The Bertz CT molecular complexity index is 948. The van der Waals surface area contributed by atoms with Crippen LogP contribution in [0.15, 0.2) is 60.8 Å². The molecule has 138 valence electrons. The maximum atomic E-state index is 12.5. The molecule has 0 saturated carbocycles. The summed E-state index contributed by atoms with van der Waals surface area (Å²) in [4.78, 5) is 29.6. The molecule has 2 heterocycles. The lowest BCUT2D eigenvalue weighted by Gasteiger charge is -2.16. The molecular formula is C22H23N3O2. The van der Waals surface area contributed by atoms with Gasteiger partial charge in [-0.25, -0.2) is 0 Å². The molecule has 1 aromatic heterocycles. The monoisotopic (exact) mass is 361 g/mol. The summed E-state index contributed by atoms with van der Waals surface area (Å²) in [5.74, 6) is -0.230. The first kappa shape index (κ1) is 17.3. The number of aromatic nitrogens is 1. The van der Waals surface area contributed by atoms with Crippen molar-refractivity contribution in [3.63, 3.8) is 0 Å². The zero-order valence-electron chi connectivity index (χ0n) is 15.2. The molecule has 0 bridgehead atoms. The first-order chi connectivity index (χ1) is 13.2. The Labute approximate surface area is 158 Å². The van der Waals surface area contributed by atoms with Gasteiger partial charge in [0.25, 0.3) is 0 Å². The van der Waals surface area contributed by atoms with E-state index in [0.29, 0.717) is 26.1 Å². The van der Waals surface area contributed by atoms with Crippen LogP contribution >= 0.6 is 0 Å². The van der Waals surface area contributed by atoms with Gasteiger partial charge in [0.1, 0.15) is 0 Å². The van der Waals surface area contributed by atoms with Crippen LogP contribution in [-0.4, -0.2) is 34.8 Å². The molecule has 3 aromatic rings. The molecule has 2 amide bonds. The molecule has 0 spiro atoms. The smallest absolute Gasteiger partial charge is 0.225 e. The molecule has 4 rings (SSSR count). The number of carbonyl (C=O) groups excluding carboxylic acids is 2. The maximum Gasteiger partial charge on any atom is 0.225 e. The average molecular weight is 361 g/mol. The fraction of sp³-hybridized carbons (Fsp3) is 0.273. The van der Waals surface area contributed by atoms with Crippen molar-refractivity contribution < 1.29 is 9.59 Å². The Balaban J connectivity index is 1.27. The minimum atomic E-state index is -0.256. The summed E-state index contributed by atoms with van der Waals surface area (Å²) in [6.07, 6.45) is 3.00. The van der Waals surface area contributed by atoms with E-state index in [-0.39, 0.29) is 17.7 Å². The lowest BCUT2D eigenvalue weighted by atomic mass is 10.1. The van der Waals surface area contributed by atoms with E-state index in [2.05, 4.69) is 28.5 Å². The molecule has 5 nitrogen and oxygen atoms in total. The topological polar surface area (TPSA) is 65.2 Å². The van der Waals surface area contributed by atoms with Crippen molar-refractivity contribution in [1.82, 2.24) is 15.2 Å². The number of nitrogens with one attached hydrogen (secondary N) is 2. The van der Waals surface area contributed by atoms with Crippen molar-refractivity contribution in [3.8, 4) is 0 Å². The van der Waals surface area contributed by atoms with Crippen LogP contribution in [0.25, 0.3) is 10.9 Å². The number of aromatic amines is 1. The number of H-pyrrole nitrogens is 1. The van der Waals surface area contributed by atoms with Crippen LogP contribution in [0.2, 0.25) is 0 Å². The second kappa shape index (κ2) is 7.66. The Morgan fingerprint density at radius 2 is 1.96 bits per heavy atom. The first-order valence-electron chi connectivity index (χ1n) is 9.34. The Morgan fingerprint density at radius 1 is 1.11 bits per heavy atom. The average Bonchev–Trinajstić information content (AvgIpc) is 3.29. The van der Waals surface area contributed by atoms with Crippen molar-refractivity contribution in [1.29, 1.82) is 0 Å². The van der Waals surface area contributed by atoms with E-state index in [4.69, 9.17) is 0 Å². The van der Waals surface area contributed by atoms with E-state index < -0.39 is 0 Å². The molecule has 0 radical (unpaired) electrons. The van der Waals surface area contributed by atoms with Crippen molar-refractivity contribution >= 4 is 22.7 Å². The lowest BCUT2D eigenvalue weighted by Crippen LogP contribution is -2.34. The summed E-state index contributed by atoms with van der Waals surface area (Å²) in [6, 6.07) is 18.2. The Morgan fingerprint density at radius 3 is 2.81 bits per heavy atom. The third kappa shape index (κ3) is 4.03. The summed E-state index contributed by atoms with van der Waals surface area (Å²) in [5.41, 5.74) is 3.40. The predicted octanol–water partition coefficient (Wildman–Crippen LogP) is 2.88. The molecule has 2 aromatic carbocycles. The maximum absolute atomic E-state index is 12.5. The predicted molar refractivity (Wildman–Crippen MR) is 105 cm³/mol. The largest absolute Gasteiger partial charge is 0.361 e. The number of carbonyl (C=O) groups is 2. The van der Waals surface area contributed by atoms with Gasteiger partial charge in [-0.15, -0.1) is 0 Å². The highest BCUT2D eigenvalue weighted by atomic mass is 16.2. The number of benzene rings is 2. The zero-order chi connectivity index (χ0) is 18.6. The quantitative estimate of drug-likeness (QED) is 0.709. The molecule has 1 aliphatic rings. The van der Waals surface area contributed by atoms with E-state index >= 15 is 0 Å². The fourth-order valence-electron chi connectivity index (χ4n) is 3.64. The van der Waals surface area contributed by atoms with Crippen LogP contribution in [-0.2, 0) is 22.6 Å². The molecule has 1 atom stereocenters. The van der Waals surface area contributed by atoms with Crippen molar-refractivity contribution in [2.45, 2.75) is 19.4 Å². The summed E-state index contributed by atoms with van der Waals surface area (Å²) in [6.45, 7) is 1.65. The molecule has 5 heteroatoms. The van der Waals surface area contributed by atoms with E-state index in [1.807, 2.05) is 42.6 Å². The van der Waals surface area contributed by atoms with Gasteiger partial charge >= 0.3 is 0 Å². The van der Waals surface area contributed by atoms with Crippen LogP contribution in [0.1, 0.15) is 17.5 Å². The highest BCUT2D eigenvalue weighted by molar-refractivity contribution is 5.89. The standard InChI is InChI=1S/C22H23N3O2/c26-21-13-19(15-25(21)14-17-4-2-1-3-5-17)22(27)24-10-8-16-6-7-20-18(12-16)9-11-23-20/h1-7,9,11-12,19,23H,8,10,13-15H2,(H,24,27). The molecule has 1 fully saturated rings. The minimum absolute atomic E-state index is 0.0263. The Kier molecular flexibility index (Phi) is 4.92. The summed E-state index contributed by atoms with van der Waals surface area (Å²) < 4.78 is 0. The van der Waals surface area contributed by atoms with Gasteiger partial charge in [-0.2, -0.15) is 0 Å². The summed E-state index contributed by atoms with van der Waals surface area (Å²) in [5, 5.41) is 4.17. The zero-order valence-corrected chi connectivity index (χ0v) is 15.2. The van der Waals surface area contributed by atoms with Crippen LogP contribution in [0.5, 0.6) is 0 Å². The van der Waals surface area contributed by atoms with Crippen molar-refractivity contribution in [2.75, 3.05) is 13.1 Å². The molecule has 1 unspecified atom stereocenters. The molecular weight excluding hydrogens is 338 g/mol. The van der Waals surface area contributed by atoms with Crippen molar-refractivity contribution in [3.05, 3.63) is 71.9 Å². The lowest BCUT2D eigenvalue weighted by molar-refractivity contribution is -0.129. The number of rotatable bonds is 6. The molecule has 27 heavy (non-hydrogen) atoms. The van der Waals surface area contributed by atoms with Crippen LogP contribution < -0.4 is 5.32 Å². The third-order valence-corrected chi connectivity index (χ3v) is 5.13. The molecule has 1 saturated heterocycles. The van der Waals surface area contributed by atoms with Gasteiger partial charge in [-0.05, 0) is 41.1 Å². The van der Waals surface area contributed by atoms with E-state index in [0.717, 1.165) is 17.5 Å². The number of fused-ring (bicyclic) bond motifs is 1. The first-order valence-corrected chi connectivity index (χ1v) is 9.34. The van der Waals surface area contributed by atoms with Crippen LogP contribution in [0.4, 0.5) is 0 Å². The highest BCUT2D eigenvalue weighted by Gasteiger charge is 2.33. The Hall–Kier alpha value is -3.08. The van der Waals surface area contributed by atoms with Crippen LogP contribution in [0.3, 0.4) is 0 Å².